The molecule has 0 atom stereocenters. The van der Waals surface area contributed by atoms with Crippen molar-refractivity contribution in [3.05, 3.63) is 35.4 Å². The maximum atomic E-state index is 12.7. The molecule has 1 saturated heterocycles. The van der Waals surface area contributed by atoms with E-state index in [1.165, 1.54) is 17.0 Å². The number of benzene rings is 1. The van der Waals surface area contributed by atoms with Crippen LogP contribution < -0.4 is 0 Å². The Hall–Kier alpha value is -1.76. The first kappa shape index (κ1) is 16.6. The first-order chi connectivity index (χ1) is 9.91. The highest BCUT2D eigenvalue weighted by Gasteiger charge is 2.47. The number of carbonyl (C=O) groups excluding carboxylic acids is 1. The molecule has 1 N–H and O–H groups in total. The van der Waals surface area contributed by atoms with Gasteiger partial charge >= 0.3 is 12.3 Å². The highest BCUT2D eigenvalue weighted by Crippen LogP contribution is 2.36. The van der Waals surface area contributed by atoms with Crippen molar-refractivity contribution in [3.8, 4) is 0 Å². The van der Waals surface area contributed by atoms with Crippen molar-refractivity contribution in [2.45, 2.75) is 38.1 Å². The number of aliphatic hydroxyl groups is 1. The van der Waals surface area contributed by atoms with E-state index in [0.717, 1.165) is 12.1 Å². The minimum absolute atomic E-state index is 0.0940. The zero-order valence-corrected chi connectivity index (χ0v) is 12.6. The number of amides is 1. The fourth-order valence-corrected chi connectivity index (χ4v) is 2.21. The monoisotopic (exact) mass is 317 g/mol. The average Bonchev–Trinajstić information content (AvgIpc) is 2.32. The SMILES string of the molecule is CC(C)(C)OC(=O)N1CC(O)(c2cccc(C(F)(F)F)c2)C1. The molecule has 2 rings (SSSR count). The van der Waals surface area contributed by atoms with Crippen molar-refractivity contribution >= 4 is 6.09 Å². The Kier molecular flexibility index (Phi) is 3.89. The number of likely N-dealkylation sites (tertiary alicyclic amines) is 1. The topological polar surface area (TPSA) is 49.8 Å². The van der Waals surface area contributed by atoms with Crippen LogP contribution in [-0.2, 0) is 16.5 Å². The predicted molar refractivity (Wildman–Crippen MR) is 73.1 cm³/mol. The third-order valence-corrected chi connectivity index (χ3v) is 3.28. The summed E-state index contributed by atoms with van der Waals surface area (Å²) in [4.78, 5) is 13.1. The average molecular weight is 317 g/mol. The standard InChI is InChI=1S/C15H18F3NO3/c1-13(2,3)22-12(20)19-8-14(21,9-19)10-5-4-6-11(7-10)15(16,17)18/h4-7,21H,8-9H2,1-3H3. The van der Waals surface area contributed by atoms with E-state index in [2.05, 4.69) is 0 Å². The smallest absolute Gasteiger partial charge is 0.416 e. The van der Waals surface area contributed by atoms with Crippen LogP contribution in [0.4, 0.5) is 18.0 Å². The molecule has 1 heterocycles. The number of hydrogen-bond acceptors (Lipinski definition) is 3. The lowest BCUT2D eigenvalue weighted by molar-refractivity contribution is -0.138. The molecule has 0 spiro atoms. The van der Waals surface area contributed by atoms with Gasteiger partial charge in [-0.3, -0.25) is 0 Å². The molecule has 4 nitrogen and oxygen atoms in total. The molecule has 0 aromatic heterocycles. The van der Waals surface area contributed by atoms with E-state index in [0.29, 0.717) is 0 Å². The third kappa shape index (κ3) is 3.52. The molecule has 1 aromatic carbocycles. The van der Waals surface area contributed by atoms with Crippen LogP contribution in [0.25, 0.3) is 0 Å². The molecule has 1 amide bonds. The van der Waals surface area contributed by atoms with Crippen molar-refractivity contribution in [3.63, 3.8) is 0 Å². The second-order valence-corrected chi connectivity index (χ2v) is 6.45. The van der Waals surface area contributed by atoms with Gasteiger partial charge in [-0.25, -0.2) is 4.79 Å². The van der Waals surface area contributed by atoms with Crippen LogP contribution >= 0.6 is 0 Å². The number of β-amino-alcohol motifs (C(OH)–C–C–N with tert-alkyl or cyclic N) is 1. The second kappa shape index (κ2) is 5.15. The Morgan fingerprint density at radius 2 is 1.86 bits per heavy atom. The van der Waals surface area contributed by atoms with E-state index in [9.17, 15) is 23.1 Å². The van der Waals surface area contributed by atoms with Crippen LogP contribution in [0, 0.1) is 0 Å². The van der Waals surface area contributed by atoms with Gasteiger partial charge in [0.2, 0.25) is 0 Å². The predicted octanol–water partition coefficient (Wildman–Crippen LogP) is 3.14. The van der Waals surface area contributed by atoms with Gasteiger partial charge in [-0.05, 0) is 38.5 Å². The number of halogens is 3. The number of ether oxygens (including phenoxy) is 1. The highest BCUT2D eigenvalue weighted by atomic mass is 19.4. The number of nitrogens with zero attached hydrogens (tertiary/aromatic N) is 1. The van der Waals surface area contributed by atoms with E-state index in [-0.39, 0.29) is 18.7 Å². The highest BCUT2D eigenvalue weighted by molar-refractivity contribution is 5.70. The molecule has 0 saturated carbocycles. The van der Waals surface area contributed by atoms with Crippen LogP contribution in [-0.4, -0.2) is 34.8 Å². The van der Waals surface area contributed by atoms with Crippen LogP contribution in [0.3, 0.4) is 0 Å². The summed E-state index contributed by atoms with van der Waals surface area (Å²) in [7, 11) is 0. The fraction of sp³-hybridized carbons (Fsp3) is 0.533. The molecular formula is C15H18F3NO3. The number of alkyl halides is 3. The van der Waals surface area contributed by atoms with E-state index in [1.54, 1.807) is 20.8 Å². The number of hydrogen-bond donors (Lipinski definition) is 1. The third-order valence-electron chi connectivity index (χ3n) is 3.28. The first-order valence-electron chi connectivity index (χ1n) is 6.79. The summed E-state index contributed by atoms with van der Waals surface area (Å²) in [6, 6.07) is 4.51. The number of rotatable bonds is 1. The summed E-state index contributed by atoms with van der Waals surface area (Å²) in [5, 5.41) is 10.4. The Labute approximate surface area is 126 Å². The van der Waals surface area contributed by atoms with Gasteiger partial charge in [0, 0.05) is 0 Å². The minimum Gasteiger partial charge on any atom is -0.444 e. The molecule has 1 aromatic rings. The van der Waals surface area contributed by atoms with Gasteiger partial charge in [0.05, 0.1) is 18.7 Å². The molecule has 7 heteroatoms. The summed E-state index contributed by atoms with van der Waals surface area (Å²) < 4.78 is 43.3. The Balaban J connectivity index is 2.08. The Bertz CT molecular complexity index is 572. The molecular weight excluding hydrogens is 299 g/mol. The summed E-state index contributed by atoms with van der Waals surface area (Å²) in [5.41, 5.74) is -2.82. The zero-order valence-electron chi connectivity index (χ0n) is 12.6. The lowest BCUT2D eigenvalue weighted by Crippen LogP contribution is -2.61. The van der Waals surface area contributed by atoms with Crippen molar-refractivity contribution in [2.75, 3.05) is 13.1 Å². The first-order valence-corrected chi connectivity index (χ1v) is 6.79. The van der Waals surface area contributed by atoms with Crippen LogP contribution in [0.2, 0.25) is 0 Å². The molecule has 0 bridgehead atoms. The summed E-state index contributed by atoms with van der Waals surface area (Å²) in [6.07, 6.45) is -5.06. The van der Waals surface area contributed by atoms with Gasteiger partial charge in [-0.15, -0.1) is 0 Å². The van der Waals surface area contributed by atoms with Crippen molar-refractivity contribution in [1.82, 2.24) is 4.90 Å². The van der Waals surface area contributed by atoms with Gasteiger partial charge < -0.3 is 14.7 Å². The van der Waals surface area contributed by atoms with Crippen LogP contribution in [0.5, 0.6) is 0 Å². The van der Waals surface area contributed by atoms with Gasteiger partial charge in [0.15, 0.2) is 0 Å². The van der Waals surface area contributed by atoms with Gasteiger partial charge in [0.1, 0.15) is 11.2 Å². The normalized spacial score (nSPS) is 17.9. The lowest BCUT2D eigenvalue weighted by Gasteiger charge is -2.46. The van der Waals surface area contributed by atoms with E-state index >= 15 is 0 Å². The zero-order chi connectivity index (χ0) is 16.8. The van der Waals surface area contributed by atoms with Crippen molar-refractivity contribution < 1.29 is 27.8 Å². The second-order valence-electron chi connectivity index (χ2n) is 6.45. The fourth-order valence-electron chi connectivity index (χ4n) is 2.21. The molecule has 0 aliphatic carbocycles. The van der Waals surface area contributed by atoms with Crippen LogP contribution in [0.15, 0.2) is 24.3 Å². The van der Waals surface area contributed by atoms with Crippen molar-refractivity contribution in [2.24, 2.45) is 0 Å². The number of carbonyl (C=O) groups is 1. The largest absolute Gasteiger partial charge is 0.444 e. The molecule has 22 heavy (non-hydrogen) atoms. The summed E-state index contributed by atoms with van der Waals surface area (Å²) in [5.74, 6) is 0. The van der Waals surface area contributed by atoms with Crippen molar-refractivity contribution in [1.29, 1.82) is 0 Å². The molecule has 1 aliphatic rings. The lowest BCUT2D eigenvalue weighted by atomic mass is 9.85. The van der Waals surface area contributed by atoms with Gasteiger partial charge in [0.25, 0.3) is 0 Å². The molecule has 1 aliphatic heterocycles. The van der Waals surface area contributed by atoms with E-state index in [1.807, 2.05) is 0 Å². The summed E-state index contributed by atoms with van der Waals surface area (Å²) >= 11 is 0. The maximum absolute atomic E-state index is 12.7. The van der Waals surface area contributed by atoms with Gasteiger partial charge in [-0.1, -0.05) is 12.1 Å². The Morgan fingerprint density at radius 1 is 1.27 bits per heavy atom. The molecule has 0 radical (unpaired) electrons. The minimum atomic E-state index is -4.47. The Morgan fingerprint density at radius 3 is 2.36 bits per heavy atom. The molecule has 0 unspecified atom stereocenters. The van der Waals surface area contributed by atoms with E-state index in [4.69, 9.17) is 4.74 Å². The van der Waals surface area contributed by atoms with Gasteiger partial charge in [-0.2, -0.15) is 13.2 Å². The summed E-state index contributed by atoms with van der Waals surface area (Å²) in [6.45, 7) is 4.95. The van der Waals surface area contributed by atoms with E-state index < -0.39 is 29.0 Å². The molecule has 1 fully saturated rings. The molecule has 122 valence electrons. The quantitative estimate of drug-likeness (QED) is 0.865. The van der Waals surface area contributed by atoms with Crippen LogP contribution in [0.1, 0.15) is 31.9 Å². The maximum Gasteiger partial charge on any atom is 0.416 e.